The van der Waals surface area contributed by atoms with E-state index in [1.54, 1.807) is 23.7 Å². The van der Waals surface area contributed by atoms with Crippen molar-refractivity contribution in [1.29, 1.82) is 0 Å². The minimum Gasteiger partial charge on any atom is -0.492 e. The maximum Gasteiger partial charge on any atom is 0.273 e. The quantitative estimate of drug-likeness (QED) is 0.598. The lowest BCUT2D eigenvalue weighted by molar-refractivity contribution is 0.0941. The summed E-state index contributed by atoms with van der Waals surface area (Å²) >= 11 is 9.39. The second kappa shape index (κ2) is 8.33. The molecule has 0 aliphatic rings. The number of rotatable bonds is 6. The molecule has 6 nitrogen and oxygen atoms in total. The lowest BCUT2D eigenvalue weighted by Gasteiger charge is -2.08. The Balaban J connectivity index is 1.58. The van der Waals surface area contributed by atoms with E-state index < -0.39 is 0 Å². The molecule has 2 aromatic carbocycles. The van der Waals surface area contributed by atoms with Gasteiger partial charge in [0.2, 0.25) is 0 Å². The summed E-state index contributed by atoms with van der Waals surface area (Å²) in [6.45, 7) is 2.49. The van der Waals surface area contributed by atoms with Crippen molar-refractivity contribution in [2.24, 2.45) is 0 Å². The molecule has 0 atom stereocenters. The number of amides is 1. The van der Waals surface area contributed by atoms with E-state index in [4.69, 9.17) is 16.3 Å². The van der Waals surface area contributed by atoms with Crippen LogP contribution in [0.2, 0.25) is 5.02 Å². The van der Waals surface area contributed by atoms with Crippen molar-refractivity contribution >= 4 is 33.4 Å². The minimum absolute atomic E-state index is 0.271. The third-order valence-electron chi connectivity index (χ3n) is 3.61. The van der Waals surface area contributed by atoms with Crippen LogP contribution in [0, 0.1) is 6.92 Å². The van der Waals surface area contributed by atoms with Crippen LogP contribution in [-0.4, -0.2) is 34.1 Å². The number of nitrogens with zero attached hydrogens (tertiary/aromatic N) is 3. The maximum absolute atomic E-state index is 12.3. The van der Waals surface area contributed by atoms with Gasteiger partial charge in [-0.2, -0.15) is 0 Å². The van der Waals surface area contributed by atoms with E-state index >= 15 is 0 Å². The highest BCUT2D eigenvalue weighted by Crippen LogP contribution is 2.18. The molecule has 0 spiro atoms. The average Bonchev–Trinajstić information content (AvgIpc) is 3.00. The van der Waals surface area contributed by atoms with Crippen LogP contribution in [0.5, 0.6) is 5.75 Å². The van der Waals surface area contributed by atoms with Gasteiger partial charge in [0, 0.05) is 9.50 Å². The monoisotopic (exact) mass is 434 g/mol. The molecule has 0 radical (unpaired) electrons. The number of carbonyl (C=O) groups is 1. The Hall–Kier alpha value is -2.38. The fourth-order valence-electron chi connectivity index (χ4n) is 2.37. The molecule has 1 N–H and O–H groups in total. The smallest absolute Gasteiger partial charge is 0.273 e. The van der Waals surface area contributed by atoms with E-state index in [1.807, 2.05) is 36.4 Å². The van der Waals surface area contributed by atoms with Crippen molar-refractivity contribution in [3.8, 4) is 11.4 Å². The van der Waals surface area contributed by atoms with Gasteiger partial charge in [-0.1, -0.05) is 44.9 Å². The summed E-state index contributed by atoms with van der Waals surface area (Å²) in [4.78, 5) is 12.3. The first-order valence-corrected chi connectivity index (χ1v) is 9.06. The second-order valence-corrected chi connectivity index (χ2v) is 6.83. The number of nitrogens with one attached hydrogen (secondary N) is 1. The van der Waals surface area contributed by atoms with E-state index in [1.165, 1.54) is 0 Å². The van der Waals surface area contributed by atoms with Crippen molar-refractivity contribution in [3.05, 3.63) is 69.4 Å². The molecule has 26 heavy (non-hydrogen) atoms. The maximum atomic E-state index is 12.3. The molecule has 3 rings (SSSR count). The lowest BCUT2D eigenvalue weighted by atomic mass is 10.3. The molecular weight excluding hydrogens is 420 g/mol. The van der Waals surface area contributed by atoms with Crippen LogP contribution in [-0.2, 0) is 0 Å². The fraction of sp³-hybridized carbons (Fsp3) is 0.167. The Morgan fingerprint density at radius 1 is 1.27 bits per heavy atom. The molecule has 1 amide bonds. The van der Waals surface area contributed by atoms with Gasteiger partial charge in [-0.3, -0.25) is 4.79 Å². The van der Waals surface area contributed by atoms with Gasteiger partial charge in [0.05, 0.1) is 17.9 Å². The zero-order valence-corrected chi connectivity index (χ0v) is 16.3. The summed E-state index contributed by atoms with van der Waals surface area (Å²) in [7, 11) is 0. The van der Waals surface area contributed by atoms with Gasteiger partial charge in [0.25, 0.3) is 5.91 Å². The highest BCUT2D eigenvalue weighted by molar-refractivity contribution is 9.10. The number of benzene rings is 2. The van der Waals surface area contributed by atoms with Gasteiger partial charge in [-0.05, 0) is 43.3 Å². The van der Waals surface area contributed by atoms with Gasteiger partial charge >= 0.3 is 0 Å². The topological polar surface area (TPSA) is 69.0 Å². The van der Waals surface area contributed by atoms with Gasteiger partial charge in [-0.25, -0.2) is 4.68 Å². The Labute approximate surface area is 164 Å². The van der Waals surface area contributed by atoms with Crippen LogP contribution in [0.4, 0.5) is 0 Å². The minimum atomic E-state index is -0.298. The summed E-state index contributed by atoms with van der Waals surface area (Å²) < 4.78 is 8.11. The SMILES string of the molecule is Cc1c(C(=O)NCCOc2cccc(Br)c2)nnn1-c1cccc(Cl)c1. The van der Waals surface area contributed by atoms with E-state index in [0.29, 0.717) is 23.9 Å². The van der Waals surface area contributed by atoms with Crippen molar-refractivity contribution in [2.75, 3.05) is 13.2 Å². The zero-order chi connectivity index (χ0) is 18.5. The molecule has 0 saturated heterocycles. The average molecular weight is 436 g/mol. The number of hydrogen-bond donors (Lipinski definition) is 1. The molecule has 0 bridgehead atoms. The van der Waals surface area contributed by atoms with Gasteiger partial charge in [0.15, 0.2) is 5.69 Å². The van der Waals surface area contributed by atoms with Crippen LogP contribution in [0.15, 0.2) is 53.0 Å². The Bertz CT molecular complexity index is 929. The standard InChI is InChI=1S/C18H16BrClN4O2/c1-12-17(22-23-24(12)15-6-3-5-14(20)11-15)18(25)21-8-9-26-16-7-2-4-13(19)10-16/h2-7,10-11H,8-9H2,1H3,(H,21,25). The predicted molar refractivity (Wildman–Crippen MR) is 103 cm³/mol. The van der Waals surface area contributed by atoms with E-state index in [2.05, 4.69) is 31.6 Å². The highest BCUT2D eigenvalue weighted by atomic mass is 79.9. The predicted octanol–water partition coefficient (Wildman–Crippen LogP) is 3.80. The number of aromatic nitrogens is 3. The molecule has 1 aromatic heterocycles. The van der Waals surface area contributed by atoms with E-state index in [9.17, 15) is 4.79 Å². The summed E-state index contributed by atoms with van der Waals surface area (Å²) in [5, 5.41) is 11.4. The molecule has 0 aliphatic heterocycles. The number of hydrogen-bond acceptors (Lipinski definition) is 4. The third kappa shape index (κ3) is 4.42. The summed E-state index contributed by atoms with van der Waals surface area (Å²) in [6, 6.07) is 14.7. The summed E-state index contributed by atoms with van der Waals surface area (Å²) in [5.74, 6) is 0.435. The number of halogens is 2. The molecule has 0 saturated carbocycles. The first-order valence-electron chi connectivity index (χ1n) is 7.89. The van der Waals surface area contributed by atoms with Crippen molar-refractivity contribution in [1.82, 2.24) is 20.3 Å². The molecule has 3 aromatic rings. The Morgan fingerprint density at radius 2 is 2.08 bits per heavy atom. The van der Waals surface area contributed by atoms with Crippen LogP contribution in [0.25, 0.3) is 5.69 Å². The second-order valence-electron chi connectivity index (χ2n) is 5.48. The van der Waals surface area contributed by atoms with Crippen LogP contribution in [0.1, 0.15) is 16.2 Å². The van der Waals surface area contributed by atoms with Gasteiger partial charge in [0.1, 0.15) is 12.4 Å². The normalized spacial score (nSPS) is 10.6. The molecule has 8 heteroatoms. The van der Waals surface area contributed by atoms with E-state index in [-0.39, 0.29) is 11.6 Å². The van der Waals surface area contributed by atoms with Crippen molar-refractivity contribution in [3.63, 3.8) is 0 Å². The van der Waals surface area contributed by atoms with E-state index in [0.717, 1.165) is 15.9 Å². The molecular formula is C18H16BrClN4O2. The number of ether oxygens (including phenoxy) is 1. The molecule has 1 heterocycles. The zero-order valence-electron chi connectivity index (χ0n) is 13.9. The largest absolute Gasteiger partial charge is 0.492 e. The van der Waals surface area contributed by atoms with Crippen molar-refractivity contribution in [2.45, 2.75) is 6.92 Å². The lowest BCUT2D eigenvalue weighted by Crippen LogP contribution is -2.29. The van der Waals surface area contributed by atoms with Gasteiger partial charge < -0.3 is 10.1 Å². The van der Waals surface area contributed by atoms with Gasteiger partial charge in [-0.15, -0.1) is 5.10 Å². The van der Waals surface area contributed by atoms with Crippen LogP contribution < -0.4 is 10.1 Å². The third-order valence-corrected chi connectivity index (χ3v) is 4.34. The molecule has 0 unspecified atom stereocenters. The highest BCUT2D eigenvalue weighted by Gasteiger charge is 2.17. The first-order chi connectivity index (χ1) is 12.5. The molecule has 0 aliphatic carbocycles. The Morgan fingerprint density at radius 3 is 2.85 bits per heavy atom. The van der Waals surface area contributed by atoms with Crippen LogP contribution >= 0.6 is 27.5 Å². The first kappa shape index (κ1) is 18.4. The fourth-order valence-corrected chi connectivity index (χ4v) is 2.93. The van der Waals surface area contributed by atoms with Crippen LogP contribution in [0.3, 0.4) is 0 Å². The van der Waals surface area contributed by atoms with Crippen molar-refractivity contribution < 1.29 is 9.53 Å². The number of carbonyl (C=O) groups excluding carboxylic acids is 1. The summed E-state index contributed by atoms with van der Waals surface area (Å²) in [6.07, 6.45) is 0. The Kier molecular flexibility index (Phi) is 5.90. The summed E-state index contributed by atoms with van der Waals surface area (Å²) in [5.41, 5.74) is 1.66. The molecule has 0 fully saturated rings. The molecule has 134 valence electrons.